The van der Waals surface area contributed by atoms with E-state index in [1.165, 1.54) is 14.9 Å². The molecule has 2 fully saturated rings. The van der Waals surface area contributed by atoms with E-state index in [9.17, 15) is 21.6 Å². The van der Waals surface area contributed by atoms with E-state index in [4.69, 9.17) is 0 Å². The van der Waals surface area contributed by atoms with E-state index in [0.717, 1.165) is 30.6 Å². The molecule has 1 N–H and O–H groups in total. The number of rotatable bonds is 6. The zero-order chi connectivity index (χ0) is 19.7. The summed E-state index contributed by atoms with van der Waals surface area (Å²) in [6.45, 7) is 1.86. The van der Waals surface area contributed by atoms with Gasteiger partial charge in [-0.05, 0) is 37.8 Å². The van der Waals surface area contributed by atoms with Crippen molar-refractivity contribution >= 4 is 37.3 Å². The van der Waals surface area contributed by atoms with Gasteiger partial charge in [0.05, 0.1) is 12.7 Å². The van der Waals surface area contributed by atoms with E-state index in [-0.39, 0.29) is 29.1 Å². The lowest BCUT2D eigenvalue weighted by Crippen LogP contribution is -2.49. The van der Waals surface area contributed by atoms with Gasteiger partial charge in [0.1, 0.15) is 4.21 Å². The topological polar surface area (TPSA) is 104 Å². The van der Waals surface area contributed by atoms with Crippen molar-refractivity contribution in [1.29, 1.82) is 0 Å². The second-order valence-electron chi connectivity index (χ2n) is 7.04. The Morgan fingerprint density at radius 1 is 1.11 bits per heavy atom. The SMILES string of the molecule is CS(=O)(=O)N1CCCC(NC(=O)Cc2ccc(S(=O)(=O)N3CCCC3)s2)C1. The van der Waals surface area contributed by atoms with Crippen LogP contribution >= 0.6 is 11.3 Å². The summed E-state index contributed by atoms with van der Waals surface area (Å²) in [5, 5.41) is 2.87. The molecule has 0 aromatic carbocycles. The van der Waals surface area contributed by atoms with Crippen molar-refractivity contribution in [3.8, 4) is 0 Å². The maximum Gasteiger partial charge on any atom is 0.252 e. The lowest BCUT2D eigenvalue weighted by atomic mass is 10.1. The van der Waals surface area contributed by atoms with Crippen molar-refractivity contribution in [3.05, 3.63) is 17.0 Å². The summed E-state index contributed by atoms with van der Waals surface area (Å²) in [4.78, 5) is 13.0. The number of amides is 1. The molecular weight excluding hydrogens is 410 g/mol. The standard InChI is InChI=1S/C16H25N3O5S3/c1-26(21,22)19-10-4-5-13(12-19)17-15(20)11-14-6-7-16(25-14)27(23,24)18-8-2-3-9-18/h6-7,13H,2-5,8-12H2,1H3,(H,17,20). The van der Waals surface area contributed by atoms with E-state index in [1.807, 2.05) is 0 Å². The Hall–Kier alpha value is -1.01. The minimum Gasteiger partial charge on any atom is -0.352 e. The van der Waals surface area contributed by atoms with Gasteiger partial charge in [-0.25, -0.2) is 21.1 Å². The molecule has 3 rings (SSSR count). The van der Waals surface area contributed by atoms with Crippen molar-refractivity contribution < 1.29 is 21.6 Å². The zero-order valence-corrected chi connectivity index (χ0v) is 17.7. The smallest absolute Gasteiger partial charge is 0.252 e. The third-order valence-electron chi connectivity index (χ3n) is 4.85. The van der Waals surface area contributed by atoms with Crippen LogP contribution in [-0.4, -0.2) is 69.8 Å². The number of nitrogens with zero attached hydrogens (tertiary/aromatic N) is 2. The minimum atomic E-state index is -3.46. The van der Waals surface area contributed by atoms with Crippen LogP contribution in [0.5, 0.6) is 0 Å². The zero-order valence-electron chi connectivity index (χ0n) is 15.3. The van der Waals surface area contributed by atoms with Gasteiger partial charge in [-0.1, -0.05) is 0 Å². The molecule has 1 unspecified atom stereocenters. The van der Waals surface area contributed by atoms with Gasteiger partial charge in [0, 0.05) is 37.1 Å². The van der Waals surface area contributed by atoms with Gasteiger partial charge in [0.25, 0.3) is 10.0 Å². The van der Waals surface area contributed by atoms with Gasteiger partial charge in [-0.2, -0.15) is 4.31 Å². The quantitative estimate of drug-likeness (QED) is 0.705. The van der Waals surface area contributed by atoms with Gasteiger partial charge in [0.2, 0.25) is 15.9 Å². The Bertz CT molecular complexity index is 888. The highest BCUT2D eigenvalue weighted by Crippen LogP contribution is 2.27. The van der Waals surface area contributed by atoms with Gasteiger partial charge in [0.15, 0.2) is 0 Å². The summed E-state index contributed by atoms with van der Waals surface area (Å²) < 4.78 is 51.6. The number of carbonyl (C=O) groups excluding carboxylic acids is 1. The maximum absolute atomic E-state index is 12.6. The molecule has 11 heteroatoms. The van der Waals surface area contributed by atoms with Crippen LogP contribution in [0.25, 0.3) is 0 Å². The summed E-state index contributed by atoms with van der Waals surface area (Å²) >= 11 is 1.13. The van der Waals surface area contributed by atoms with Crippen molar-refractivity contribution in [3.63, 3.8) is 0 Å². The summed E-state index contributed by atoms with van der Waals surface area (Å²) in [7, 11) is -6.72. The van der Waals surface area contributed by atoms with Gasteiger partial charge in [-0.3, -0.25) is 4.79 Å². The lowest BCUT2D eigenvalue weighted by molar-refractivity contribution is -0.121. The Morgan fingerprint density at radius 2 is 1.78 bits per heavy atom. The average Bonchev–Trinajstić information content (AvgIpc) is 3.26. The summed E-state index contributed by atoms with van der Waals surface area (Å²) in [5.74, 6) is -0.220. The molecule has 3 heterocycles. The molecule has 8 nitrogen and oxygen atoms in total. The minimum absolute atomic E-state index is 0.0928. The molecule has 1 atom stereocenters. The molecule has 27 heavy (non-hydrogen) atoms. The third-order valence-corrected chi connectivity index (χ3v) is 9.57. The maximum atomic E-state index is 12.6. The van der Waals surface area contributed by atoms with Gasteiger partial charge >= 0.3 is 0 Å². The molecule has 2 aliphatic rings. The van der Waals surface area contributed by atoms with Crippen LogP contribution in [0.2, 0.25) is 0 Å². The first-order valence-electron chi connectivity index (χ1n) is 8.99. The van der Waals surface area contributed by atoms with Crippen LogP contribution in [0.4, 0.5) is 0 Å². The van der Waals surface area contributed by atoms with Crippen molar-refractivity contribution in [1.82, 2.24) is 13.9 Å². The number of piperidine rings is 1. The Morgan fingerprint density at radius 3 is 2.44 bits per heavy atom. The van der Waals surface area contributed by atoms with E-state index < -0.39 is 20.0 Å². The van der Waals surface area contributed by atoms with E-state index >= 15 is 0 Å². The number of carbonyl (C=O) groups is 1. The number of hydrogen-bond acceptors (Lipinski definition) is 6. The van der Waals surface area contributed by atoms with E-state index in [0.29, 0.717) is 30.9 Å². The Labute approximate surface area is 164 Å². The van der Waals surface area contributed by atoms with E-state index in [1.54, 1.807) is 12.1 Å². The van der Waals surface area contributed by atoms with Crippen LogP contribution in [0.3, 0.4) is 0 Å². The summed E-state index contributed by atoms with van der Waals surface area (Å²) in [5.41, 5.74) is 0. The molecule has 1 aromatic heterocycles. The summed E-state index contributed by atoms with van der Waals surface area (Å²) in [6.07, 6.45) is 4.46. The third kappa shape index (κ3) is 5.08. The highest BCUT2D eigenvalue weighted by molar-refractivity contribution is 7.91. The number of nitrogens with one attached hydrogen (secondary N) is 1. The molecular formula is C16H25N3O5S3. The molecule has 0 radical (unpaired) electrons. The molecule has 0 saturated carbocycles. The number of thiophene rings is 1. The largest absolute Gasteiger partial charge is 0.352 e. The molecule has 1 aromatic rings. The van der Waals surface area contributed by atoms with Crippen LogP contribution in [0, 0.1) is 0 Å². The molecule has 1 amide bonds. The highest BCUT2D eigenvalue weighted by atomic mass is 32.2. The van der Waals surface area contributed by atoms with Crippen LogP contribution in [-0.2, 0) is 31.3 Å². The molecule has 2 saturated heterocycles. The fourth-order valence-electron chi connectivity index (χ4n) is 3.45. The normalized spacial score (nSPS) is 22.8. The molecule has 0 bridgehead atoms. The van der Waals surface area contributed by atoms with E-state index in [2.05, 4.69) is 5.32 Å². The predicted molar refractivity (Wildman–Crippen MR) is 104 cm³/mol. The molecule has 2 aliphatic heterocycles. The van der Waals surface area contributed by atoms with Crippen molar-refractivity contribution in [2.75, 3.05) is 32.4 Å². The summed E-state index contributed by atoms with van der Waals surface area (Å²) in [6, 6.07) is 3.03. The number of hydrogen-bond donors (Lipinski definition) is 1. The lowest BCUT2D eigenvalue weighted by Gasteiger charge is -2.31. The predicted octanol–water partition coefficient (Wildman–Crippen LogP) is 0.615. The van der Waals surface area contributed by atoms with Crippen molar-refractivity contribution in [2.24, 2.45) is 0 Å². The fraction of sp³-hybridized carbons (Fsp3) is 0.688. The average molecular weight is 436 g/mol. The monoisotopic (exact) mass is 435 g/mol. The second-order valence-corrected chi connectivity index (χ2v) is 12.4. The van der Waals surface area contributed by atoms with Crippen LogP contribution in [0.15, 0.2) is 16.3 Å². The molecule has 0 aliphatic carbocycles. The first kappa shape index (κ1) is 20.7. The fourth-order valence-corrected chi connectivity index (χ4v) is 7.38. The Kier molecular flexibility index (Phi) is 6.26. The number of sulfonamides is 2. The highest BCUT2D eigenvalue weighted by Gasteiger charge is 2.29. The Balaban J connectivity index is 1.58. The van der Waals surface area contributed by atoms with Crippen molar-refractivity contribution in [2.45, 2.75) is 42.4 Å². The molecule has 152 valence electrons. The van der Waals surface area contributed by atoms with Gasteiger partial charge < -0.3 is 5.32 Å². The first-order chi connectivity index (χ1) is 12.7. The van der Waals surface area contributed by atoms with Crippen LogP contribution in [0.1, 0.15) is 30.6 Å². The second kappa shape index (κ2) is 8.16. The van der Waals surface area contributed by atoms with Gasteiger partial charge in [-0.15, -0.1) is 11.3 Å². The van der Waals surface area contributed by atoms with Crippen LogP contribution < -0.4 is 5.32 Å². The molecule has 0 spiro atoms. The first-order valence-corrected chi connectivity index (χ1v) is 13.1.